The van der Waals surface area contributed by atoms with E-state index in [1.54, 1.807) is 29.7 Å². The van der Waals surface area contributed by atoms with Crippen molar-refractivity contribution in [1.82, 2.24) is 9.97 Å². The van der Waals surface area contributed by atoms with E-state index in [1.807, 2.05) is 24.3 Å². The number of carbonyl (C=O) groups is 1. The molecule has 1 aliphatic heterocycles. The highest BCUT2D eigenvalue weighted by molar-refractivity contribution is 7.18. The quantitative estimate of drug-likeness (QED) is 0.679. The van der Waals surface area contributed by atoms with Gasteiger partial charge in [-0.2, -0.15) is 0 Å². The average Bonchev–Trinajstić information content (AvgIpc) is 3.28. The van der Waals surface area contributed by atoms with Crippen LogP contribution in [0, 0.1) is 0 Å². The van der Waals surface area contributed by atoms with Crippen LogP contribution in [0.2, 0.25) is 0 Å². The van der Waals surface area contributed by atoms with Gasteiger partial charge in [0.25, 0.3) is 0 Å². The van der Waals surface area contributed by atoms with Crippen LogP contribution in [0.1, 0.15) is 28.2 Å². The van der Waals surface area contributed by atoms with Gasteiger partial charge >= 0.3 is 5.97 Å². The van der Waals surface area contributed by atoms with Crippen molar-refractivity contribution in [3.8, 4) is 0 Å². The minimum absolute atomic E-state index is 0.187. The molecule has 24 heavy (non-hydrogen) atoms. The minimum Gasteiger partial charge on any atom is -0.455 e. The molecule has 0 amide bonds. The summed E-state index contributed by atoms with van der Waals surface area (Å²) in [4.78, 5) is 23.5. The van der Waals surface area contributed by atoms with Gasteiger partial charge < -0.3 is 9.64 Å². The molecule has 122 valence electrons. The highest BCUT2D eigenvalue weighted by Crippen LogP contribution is 2.25. The lowest BCUT2D eigenvalue weighted by atomic mass is 10.2. The zero-order valence-corrected chi connectivity index (χ0v) is 14.0. The number of ether oxygens (including phenoxy) is 1. The molecule has 3 aromatic rings. The van der Waals surface area contributed by atoms with E-state index in [4.69, 9.17) is 4.74 Å². The molecular weight excluding hydrogens is 322 g/mol. The van der Waals surface area contributed by atoms with E-state index >= 15 is 0 Å². The summed E-state index contributed by atoms with van der Waals surface area (Å²) in [5.41, 5.74) is 1.47. The molecule has 1 aliphatic rings. The summed E-state index contributed by atoms with van der Waals surface area (Å²) in [7, 11) is 0. The maximum atomic E-state index is 12.5. The lowest BCUT2D eigenvalue weighted by Crippen LogP contribution is -2.22. The van der Waals surface area contributed by atoms with Gasteiger partial charge in [0.15, 0.2) is 0 Å². The van der Waals surface area contributed by atoms with Crippen molar-refractivity contribution in [2.75, 3.05) is 18.0 Å². The topological polar surface area (TPSA) is 55.3 Å². The number of pyridine rings is 1. The molecule has 3 heterocycles. The summed E-state index contributed by atoms with van der Waals surface area (Å²) in [6.07, 6.45) is 3.99. The first kappa shape index (κ1) is 15.1. The number of hydrogen-bond donors (Lipinski definition) is 0. The van der Waals surface area contributed by atoms with E-state index < -0.39 is 0 Å². The Labute approximate surface area is 143 Å². The Morgan fingerprint density at radius 2 is 2.00 bits per heavy atom. The maximum Gasteiger partial charge on any atom is 0.342 e. The zero-order chi connectivity index (χ0) is 16.4. The number of fused-ring (bicyclic) bond motifs is 1. The number of rotatable bonds is 4. The standard InChI is InChI=1S/C18H17N3O2S/c22-18(13-6-5-9-19-17(13)21-10-3-4-11-21)23-12-16-20-14-7-1-2-8-15(14)24-16/h1-2,5-9H,3-4,10-12H2. The molecule has 0 saturated carbocycles. The number of aromatic nitrogens is 2. The maximum absolute atomic E-state index is 12.5. The highest BCUT2D eigenvalue weighted by Gasteiger charge is 2.21. The first-order valence-electron chi connectivity index (χ1n) is 8.03. The Morgan fingerprint density at radius 1 is 1.17 bits per heavy atom. The van der Waals surface area contributed by atoms with Crippen LogP contribution in [0.4, 0.5) is 5.82 Å². The normalized spacial score (nSPS) is 14.2. The van der Waals surface area contributed by atoms with Gasteiger partial charge in [0.1, 0.15) is 23.0 Å². The third-order valence-corrected chi connectivity index (χ3v) is 5.09. The van der Waals surface area contributed by atoms with Gasteiger partial charge in [-0.3, -0.25) is 0 Å². The number of thiazole rings is 1. The lowest BCUT2D eigenvalue weighted by Gasteiger charge is -2.18. The van der Waals surface area contributed by atoms with Gasteiger partial charge in [-0.05, 0) is 37.1 Å². The summed E-state index contributed by atoms with van der Waals surface area (Å²) in [5.74, 6) is 0.383. The Balaban J connectivity index is 1.50. The van der Waals surface area contributed by atoms with Crippen LogP contribution in [0.15, 0.2) is 42.6 Å². The van der Waals surface area contributed by atoms with Crippen LogP contribution < -0.4 is 4.90 Å². The van der Waals surface area contributed by atoms with Crippen LogP contribution in [-0.2, 0) is 11.3 Å². The number of para-hydroxylation sites is 1. The number of anilines is 1. The Kier molecular flexibility index (Phi) is 4.13. The van der Waals surface area contributed by atoms with Gasteiger partial charge in [0.05, 0.1) is 10.2 Å². The molecule has 0 spiro atoms. The van der Waals surface area contributed by atoms with Crippen LogP contribution in [0.3, 0.4) is 0 Å². The van der Waals surface area contributed by atoms with Crippen molar-refractivity contribution < 1.29 is 9.53 Å². The average molecular weight is 339 g/mol. The highest BCUT2D eigenvalue weighted by atomic mass is 32.1. The number of esters is 1. The molecular formula is C18H17N3O2S. The van der Waals surface area contributed by atoms with Gasteiger partial charge in [-0.25, -0.2) is 14.8 Å². The number of hydrogen-bond acceptors (Lipinski definition) is 6. The molecule has 0 atom stereocenters. The molecule has 6 heteroatoms. The second-order valence-electron chi connectivity index (χ2n) is 5.72. The molecule has 0 unspecified atom stereocenters. The summed E-state index contributed by atoms with van der Waals surface area (Å²) in [6, 6.07) is 11.5. The molecule has 1 saturated heterocycles. The van der Waals surface area contributed by atoms with E-state index in [2.05, 4.69) is 14.9 Å². The summed E-state index contributed by atoms with van der Waals surface area (Å²) < 4.78 is 6.59. The largest absolute Gasteiger partial charge is 0.455 e. The Morgan fingerprint density at radius 3 is 2.83 bits per heavy atom. The van der Waals surface area contributed by atoms with E-state index in [0.29, 0.717) is 5.56 Å². The molecule has 2 aromatic heterocycles. The molecule has 1 aromatic carbocycles. The third kappa shape index (κ3) is 2.97. The summed E-state index contributed by atoms with van der Waals surface area (Å²) >= 11 is 1.55. The Bertz CT molecular complexity index is 838. The van der Waals surface area contributed by atoms with E-state index in [1.165, 1.54) is 0 Å². The number of carbonyl (C=O) groups excluding carboxylic acids is 1. The minimum atomic E-state index is -0.343. The van der Waals surface area contributed by atoms with Gasteiger partial charge in [-0.1, -0.05) is 12.1 Å². The molecule has 5 nitrogen and oxygen atoms in total. The predicted octanol–water partition coefficient (Wildman–Crippen LogP) is 3.65. The van der Waals surface area contributed by atoms with Crippen LogP contribution in [0.25, 0.3) is 10.2 Å². The van der Waals surface area contributed by atoms with Crippen molar-refractivity contribution >= 4 is 33.3 Å². The van der Waals surface area contributed by atoms with Gasteiger partial charge in [0, 0.05) is 19.3 Å². The smallest absolute Gasteiger partial charge is 0.342 e. The second-order valence-corrected chi connectivity index (χ2v) is 6.84. The van der Waals surface area contributed by atoms with Gasteiger partial charge in [0.2, 0.25) is 0 Å². The van der Waals surface area contributed by atoms with Crippen molar-refractivity contribution in [3.05, 3.63) is 53.2 Å². The predicted molar refractivity (Wildman–Crippen MR) is 94.4 cm³/mol. The van der Waals surface area contributed by atoms with E-state index in [-0.39, 0.29) is 12.6 Å². The fraction of sp³-hybridized carbons (Fsp3) is 0.278. The van der Waals surface area contributed by atoms with Crippen molar-refractivity contribution in [2.45, 2.75) is 19.4 Å². The number of nitrogens with zero attached hydrogens (tertiary/aromatic N) is 3. The lowest BCUT2D eigenvalue weighted by molar-refractivity contribution is 0.0473. The van der Waals surface area contributed by atoms with Crippen LogP contribution in [-0.4, -0.2) is 29.0 Å². The monoisotopic (exact) mass is 339 g/mol. The molecule has 0 N–H and O–H groups in total. The van der Waals surface area contributed by atoms with Crippen LogP contribution in [0.5, 0.6) is 0 Å². The van der Waals surface area contributed by atoms with Crippen molar-refractivity contribution in [3.63, 3.8) is 0 Å². The van der Waals surface area contributed by atoms with E-state index in [0.717, 1.165) is 47.0 Å². The van der Waals surface area contributed by atoms with Crippen LogP contribution >= 0.6 is 11.3 Å². The molecule has 1 fully saturated rings. The zero-order valence-electron chi connectivity index (χ0n) is 13.1. The SMILES string of the molecule is O=C(OCc1nc2ccccc2s1)c1cccnc1N1CCCC1. The molecule has 0 radical (unpaired) electrons. The summed E-state index contributed by atoms with van der Waals surface area (Å²) in [6.45, 7) is 2.07. The van der Waals surface area contributed by atoms with E-state index in [9.17, 15) is 4.79 Å². The van der Waals surface area contributed by atoms with Crippen molar-refractivity contribution in [1.29, 1.82) is 0 Å². The number of benzene rings is 1. The molecule has 0 aliphatic carbocycles. The molecule has 4 rings (SSSR count). The fourth-order valence-electron chi connectivity index (χ4n) is 2.92. The first-order chi connectivity index (χ1) is 11.8. The fourth-order valence-corrected chi connectivity index (χ4v) is 3.80. The first-order valence-corrected chi connectivity index (χ1v) is 8.84. The Hall–Kier alpha value is -2.47. The second kappa shape index (κ2) is 6.57. The summed E-state index contributed by atoms with van der Waals surface area (Å²) in [5, 5.41) is 0.802. The third-order valence-electron chi connectivity index (χ3n) is 4.08. The van der Waals surface area contributed by atoms with Gasteiger partial charge in [-0.15, -0.1) is 11.3 Å². The van der Waals surface area contributed by atoms with Crippen molar-refractivity contribution in [2.24, 2.45) is 0 Å². The molecule has 0 bridgehead atoms.